The van der Waals surface area contributed by atoms with Gasteiger partial charge < -0.3 is 14.8 Å². The monoisotopic (exact) mass is 267 g/mol. The van der Waals surface area contributed by atoms with Crippen LogP contribution in [0.3, 0.4) is 0 Å². The molecule has 0 bridgehead atoms. The average Bonchev–Trinajstić information content (AvgIpc) is 2.42. The molecule has 1 aromatic rings. The van der Waals surface area contributed by atoms with E-state index in [1.165, 1.54) is 13.2 Å². The fourth-order valence-corrected chi connectivity index (χ4v) is 1.66. The summed E-state index contributed by atoms with van der Waals surface area (Å²) in [5, 5.41) is 3.26. The molecule has 3 nitrogen and oxygen atoms in total. The van der Waals surface area contributed by atoms with Crippen molar-refractivity contribution in [2.24, 2.45) is 0 Å². The number of ether oxygens (including phenoxy) is 2. The van der Waals surface area contributed by atoms with Crippen molar-refractivity contribution in [2.75, 3.05) is 33.9 Å². The molecular weight excluding hydrogens is 245 g/mol. The first-order valence-electron chi connectivity index (χ1n) is 6.45. The van der Waals surface area contributed by atoms with Crippen LogP contribution in [0.15, 0.2) is 30.4 Å². The zero-order valence-corrected chi connectivity index (χ0v) is 11.6. The van der Waals surface area contributed by atoms with Gasteiger partial charge in [0.1, 0.15) is 0 Å². The number of allylic oxidation sites excluding steroid dienone is 1. The van der Waals surface area contributed by atoms with Gasteiger partial charge >= 0.3 is 0 Å². The van der Waals surface area contributed by atoms with Gasteiger partial charge in [-0.25, -0.2) is 4.39 Å². The maximum atomic E-state index is 13.4. The van der Waals surface area contributed by atoms with E-state index < -0.39 is 0 Å². The van der Waals surface area contributed by atoms with Gasteiger partial charge in [0.2, 0.25) is 0 Å². The molecule has 1 rings (SSSR count). The summed E-state index contributed by atoms with van der Waals surface area (Å²) in [6, 6.07) is 5.05. The van der Waals surface area contributed by atoms with Gasteiger partial charge in [-0.1, -0.05) is 18.2 Å². The van der Waals surface area contributed by atoms with E-state index in [0.29, 0.717) is 0 Å². The second kappa shape index (κ2) is 9.53. The van der Waals surface area contributed by atoms with Crippen LogP contribution in [-0.4, -0.2) is 33.9 Å². The van der Waals surface area contributed by atoms with E-state index in [9.17, 15) is 4.39 Å². The highest BCUT2D eigenvalue weighted by molar-refractivity contribution is 5.30. The minimum atomic E-state index is -0.311. The van der Waals surface area contributed by atoms with Gasteiger partial charge in [-0.2, -0.15) is 0 Å². The second-order valence-electron chi connectivity index (χ2n) is 4.18. The molecule has 106 valence electrons. The van der Waals surface area contributed by atoms with Crippen LogP contribution < -0.4 is 10.1 Å². The number of halogens is 1. The van der Waals surface area contributed by atoms with Crippen LogP contribution >= 0.6 is 0 Å². The number of benzene rings is 1. The minimum Gasteiger partial charge on any atom is -0.494 e. The lowest BCUT2D eigenvalue weighted by Crippen LogP contribution is -2.19. The van der Waals surface area contributed by atoms with Crippen molar-refractivity contribution in [1.29, 1.82) is 0 Å². The Morgan fingerprint density at radius 1 is 1.21 bits per heavy atom. The Balaban J connectivity index is 2.23. The molecule has 0 radical (unpaired) electrons. The molecule has 0 aromatic heterocycles. The van der Waals surface area contributed by atoms with Crippen molar-refractivity contribution in [3.8, 4) is 5.75 Å². The van der Waals surface area contributed by atoms with Crippen molar-refractivity contribution < 1.29 is 13.9 Å². The van der Waals surface area contributed by atoms with E-state index in [1.807, 2.05) is 6.07 Å². The van der Waals surface area contributed by atoms with E-state index in [2.05, 4.69) is 17.5 Å². The molecular formula is C15H22FNO2. The van der Waals surface area contributed by atoms with E-state index in [4.69, 9.17) is 9.47 Å². The van der Waals surface area contributed by atoms with E-state index in [1.54, 1.807) is 13.2 Å². The fraction of sp³-hybridized carbons (Fsp3) is 0.467. The van der Waals surface area contributed by atoms with Crippen molar-refractivity contribution in [1.82, 2.24) is 5.32 Å². The fourth-order valence-electron chi connectivity index (χ4n) is 1.66. The van der Waals surface area contributed by atoms with E-state index >= 15 is 0 Å². The lowest BCUT2D eigenvalue weighted by Gasteiger charge is -2.03. The normalized spacial score (nSPS) is 11.1. The summed E-state index contributed by atoms with van der Waals surface area (Å²) in [6.45, 7) is 2.53. The molecule has 0 heterocycles. The molecule has 0 saturated carbocycles. The maximum Gasteiger partial charge on any atom is 0.165 e. The Morgan fingerprint density at radius 2 is 2.05 bits per heavy atom. The topological polar surface area (TPSA) is 30.5 Å². The Morgan fingerprint density at radius 3 is 2.74 bits per heavy atom. The molecule has 0 aliphatic rings. The van der Waals surface area contributed by atoms with Crippen LogP contribution in [-0.2, 0) is 11.2 Å². The molecule has 0 aliphatic heterocycles. The average molecular weight is 267 g/mol. The predicted octanol–water partition coefficient (Wildman–Crippen LogP) is 2.56. The van der Waals surface area contributed by atoms with E-state index in [0.717, 1.165) is 38.1 Å². The van der Waals surface area contributed by atoms with Crippen molar-refractivity contribution in [3.63, 3.8) is 0 Å². The molecule has 19 heavy (non-hydrogen) atoms. The Labute approximate surface area is 114 Å². The molecule has 0 spiro atoms. The lowest BCUT2D eigenvalue weighted by molar-refractivity contribution is 0.199. The molecule has 0 atom stereocenters. The molecule has 1 aromatic carbocycles. The van der Waals surface area contributed by atoms with Gasteiger partial charge in [-0.15, -0.1) is 0 Å². The summed E-state index contributed by atoms with van der Waals surface area (Å²) in [4.78, 5) is 0. The van der Waals surface area contributed by atoms with Gasteiger partial charge in [0.25, 0.3) is 0 Å². The third-order valence-corrected chi connectivity index (χ3v) is 2.71. The van der Waals surface area contributed by atoms with Gasteiger partial charge in [0, 0.05) is 13.7 Å². The van der Waals surface area contributed by atoms with E-state index in [-0.39, 0.29) is 11.6 Å². The highest BCUT2D eigenvalue weighted by atomic mass is 19.1. The van der Waals surface area contributed by atoms with Crippen molar-refractivity contribution >= 4 is 0 Å². The molecule has 0 aliphatic carbocycles. The summed E-state index contributed by atoms with van der Waals surface area (Å²) >= 11 is 0. The van der Waals surface area contributed by atoms with Crippen LogP contribution in [0.2, 0.25) is 0 Å². The standard InChI is InChI=1S/C15H22FNO2/c1-18-11-10-17-9-5-3-4-6-13-7-8-15(19-2)14(16)12-13/h3-4,7-8,12,17H,5-6,9-11H2,1-2H3. The van der Waals surface area contributed by atoms with Crippen LogP contribution in [0, 0.1) is 5.82 Å². The van der Waals surface area contributed by atoms with Crippen LogP contribution in [0.4, 0.5) is 4.39 Å². The zero-order chi connectivity index (χ0) is 13.9. The highest BCUT2D eigenvalue weighted by Gasteiger charge is 2.01. The Kier molecular flexibility index (Phi) is 7.86. The zero-order valence-electron chi connectivity index (χ0n) is 11.6. The number of hydrogen-bond acceptors (Lipinski definition) is 3. The Hall–Kier alpha value is -1.39. The summed E-state index contributed by atoms with van der Waals surface area (Å²) in [5.74, 6) is -0.0234. The molecule has 0 fully saturated rings. The molecule has 0 unspecified atom stereocenters. The number of nitrogens with one attached hydrogen (secondary N) is 1. The number of hydrogen-bond donors (Lipinski definition) is 1. The lowest BCUT2D eigenvalue weighted by atomic mass is 10.1. The summed E-state index contributed by atoms with van der Waals surface area (Å²) in [6.07, 6.45) is 5.85. The predicted molar refractivity (Wildman–Crippen MR) is 75.2 cm³/mol. The first-order valence-corrected chi connectivity index (χ1v) is 6.45. The smallest absolute Gasteiger partial charge is 0.165 e. The van der Waals surface area contributed by atoms with Gasteiger partial charge in [0.05, 0.1) is 13.7 Å². The summed E-state index contributed by atoms with van der Waals surface area (Å²) < 4.78 is 23.2. The largest absolute Gasteiger partial charge is 0.494 e. The molecule has 4 heteroatoms. The van der Waals surface area contributed by atoms with Crippen molar-refractivity contribution in [3.05, 3.63) is 41.7 Å². The third-order valence-electron chi connectivity index (χ3n) is 2.71. The third kappa shape index (κ3) is 6.36. The number of methoxy groups -OCH3 is 2. The summed E-state index contributed by atoms with van der Waals surface area (Å²) in [5.41, 5.74) is 0.946. The molecule has 1 N–H and O–H groups in total. The number of rotatable bonds is 9. The van der Waals surface area contributed by atoms with Gasteiger partial charge in [-0.3, -0.25) is 0 Å². The maximum absolute atomic E-state index is 13.4. The SMILES string of the molecule is COCCNCCC=CCc1ccc(OC)c(F)c1. The first kappa shape index (κ1) is 15.7. The summed E-state index contributed by atoms with van der Waals surface area (Å²) in [7, 11) is 3.16. The second-order valence-corrected chi connectivity index (χ2v) is 4.18. The molecule has 0 amide bonds. The highest BCUT2D eigenvalue weighted by Crippen LogP contribution is 2.17. The van der Waals surface area contributed by atoms with Crippen LogP contribution in [0.25, 0.3) is 0 Å². The van der Waals surface area contributed by atoms with Crippen molar-refractivity contribution in [2.45, 2.75) is 12.8 Å². The molecule has 0 saturated heterocycles. The van der Waals surface area contributed by atoms with Gasteiger partial charge in [-0.05, 0) is 37.1 Å². The minimum absolute atomic E-state index is 0.287. The quantitative estimate of drug-likeness (QED) is 0.551. The first-order chi connectivity index (χ1) is 9.27. The van der Waals surface area contributed by atoms with Gasteiger partial charge in [0.15, 0.2) is 11.6 Å². The Bertz CT molecular complexity index is 394. The van der Waals surface area contributed by atoms with Crippen LogP contribution in [0.5, 0.6) is 5.75 Å². The van der Waals surface area contributed by atoms with Crippen LogP contribution in [0.1, 0.15) is 12.0 Å².